The minimum Gasteiger partial charge on any atom is -0.497 e. The van der Waals surface area contributed by atoms with Gasteiger partial charge in [0.2, 0.25) is 0 Å². The van der Waals surface area contributed by atoms with Crippen LogP contribution >= 0.6 is 15.9 Å². The SMILES string of the molecule is COc1ccc(Br)c(CC2(C#N)CC3CCC2O3)c1. The zero-order valence-corrected chi connectivity index (χ0v) is 12.4. The first-order valence-electron chi connectivity index (χ1n) is 6.56. The van der Waals surface area contributed by atoms with Gasteiger partial charge in [0, 0.05) is 4.47 Å². The second-order valence-corrected chi connectivity index (χ2v) is 6.28. The molecule has 4 heteroatoms. The van der Waals surface area contributed by atoms with Crippen molar-refractivity contribution in [2.75, 3.05) is 7.11 Å². The van der Waals surface area contributed by atoms with Gasteiger partial charge in [-0.05, 0) is 49.4 Å². The molecule has 0 spiro atoms. The molecule has 0 saturated carbocycles. The van der Waals surface area contributed by atoms with E-state index in [1.54, 1.807) is 7.11 Å². The Morgan fingerprint density at radius 2 is 2.37 bits per heavy atom. The van der Waals surface area contributed by atoms with Crippen molar-refractivity contribution in [3.05, 3.63) is 28.2 Å². The Bertz CT molecular complexity index is 539. The van der Waals surface area contributed by atoms with E-state index in [4.69, 9.17) is 9.47 Å². The molecule has 2 bridgehead atoms. The summed E-state index contributed by atoms with van der Waals surface area (Å²) in [5, 5.41) is 9.64. The van der Waals surface area contributed by atoms with E-state index in [9.17, 15) is 5.26 Å². The lowest BCUT2D eigenvalue weighted by molar-refractivity contribution is 0.0787. The molecule has 0 aromatic heterocycles. The third-order valence-electron chi connectivity index (χ3n) is 4.30. The van der Waals surface area contributed by atoms with Crippen molar-refractivity contribution >= 4 is 15.9 Å². The number of hydrogen-bond donors (Lipinski definition) is 0. The lowest BCUT2D eigenvalue weighted by Gasteiger charge is -2.28. The first kappa shape index (κ1) is 13.0. The minimum atomic E-state index is -0.363. The van der Waals surface area contributed by atoms with Gasteiger partial charge in [-0.3, -0.25) is 0 Å². The molecule has 3 nitrogen and oxygen atoms in total. The van der Waals surface area contributed by atoms with Gasteiger partial charge >= 0.3 is 0 Å². The zero-order valence-electron chi connectivity index (χ0n) is 10.9. The third kappa shape index (κ3) is 2.15. The van der Waals surface area contributed by atoms with Crippen molar-refractivity contribution in [2.24, 2.45) is 5.41 Å². The fourth-order valence-electron chi connectivity index (χ4n) is 3.30. The van der Waals surface area contributed by atoms with Crippen LogP contribution in [0.4, 0.5) is 0 Å². The quantitative estimate of drug-likeness (QED) is 0.856. The normalized spacial score (nSPS) is 32.3. The molecule has 2 aliphatic heterocycles. The molecule has 2 aliphatic rings. The Morgan fingerprint density at radius 3 is 2.95 bits per heavy atom. The number of nitriles is 1. The van der Waals surface area contributed by atoms with Gasteiger partial charge in [0.05, 0.1) is 30.8 Å². The molecule has 100 valence electrons. The maximum atomic E-state index is 9.64. The topological polar surface area (TPSA) is 42.2 Å². The number of methoxy groups -OCH3 is 1. The smallest absolute Gasteiger partial charge is 0.119 e. The second-order valence-electron chi connectivity index (χ2n) is 5.43. The summed E-state index contributed by atoms with van der Waals surface area (Å²) in [6.45, 7) is 0. The predicted octanol–water partition coefficient (Wildman–Crippen LogP) is 3.46. The first-order chi connectivity index (χ1) is 9.16. The van der Waals surface area contributed by atoms with Crippen LogP contribution in [0.25, 0.3) is 0 Å². The molecule has 0 aliphatic carbocycles. The van der Waals surface area contributed by atoms with Crippen molar-refractivity contribution in [2.45, 2.75) is 37.9 Å². The molecular formula is C15H16BrNO2. The van der Waals surface area contributed by atoms with Gasteiger partial charge in [-0.15, -0.1) is 0 Å². The molecular weight excluding hydrogens is 306 g/mol. The second kappa shape index (κ2) is 4.81. The van der Waals surface area contributed by atoms with Crippen LogP contribution in [-0.2, 0) is 11.2 Å². The molecule has 2 fully saturated rings. The van der Waals surface area contributed by atoms with Crippen LogP contribution in [-0.4, -0.2) is 19.3 Å². The van der Waals surface area contributed by atoms with Crippen molar-refractivity contribution in [3.8, 4) is 11.8 Å². The largest absolute Gasteiger partial charge is 0.497 e. The van der Waals surface area contributed by atoms with Crippen molar-refractivity contribution in [3.63, 3.8) is 0 Å². The fraction of sp³-hybridized carbons (Fsp3) is 0.533. The highest BCUT2D eigenvalue weighted by Crippen LogP contribution is 2.49. The molecule has 1 aromatic rings. The van der Waals surface area contributed by atoms with Gasteiger partial charge in [-0.2, -0.15) is 5.26 Å². The Balaban J connectivity index is 1.90. The molecule has 0 amide bonds. The number of fused-ring (bicyclic) bond motifs is 2. The fourth-order valence-corrected chi connectivity index (χ4v) is 3.68. The van der Waals surface area contributed by atoms with Gasteiger partial charge in [0.15, 0.2) is 0 Å². The Hall–Kier alpha value is -1.05. The summed E-state index contributed by atoms with van der Waals surface area (Å²) in [6.07, 6.45) is 4.09. The monoisotopic (exact) mass is 321 g/mol. The lowest BCUT2D eigenvalue weighted by atomic mass is 9.71. The lowest BCUT2D eigenvalue weighted by Crippen LogP contribution is -2.33. The molecule has 3 unspecified atom stereocenters. The predicted molar refractivity (Wildman–Crippen MR) is 75.0 cm³/mol. The van der Waals surface area contributed by atoms with Crippen molar-refractivity contribution in [1.82, 2.24) is 0 Å². The standard InChI is InChI=1S/C15H16BrNO2/c1-18-11-2-4-13(16)10(6-11)7-15(9-17)8-12-3-5-14(15)19-12/h2,4,6,12,14H,3,5,7-8H2,1H3. The van der Waals surface area contributed by atoms with Gasteiger partial charge in [0.1, 0.15) is 5.75 Å². The van der Waals surface area contributed by atoms with Crippen molar-refractivity contribution < 1.29 is 9.47 Å². The average Bonchev–Trinajstić information content (AvgIpc) is 3.02. The maximum absolute atomic E-state index is 9.64. The van der Waals surface area contributed by atoms with Gasteiger partial charge in [-0.1, -0.05) is 15.9 Å². The first-order valence-corrected chi connectivity index (χ1v) is 7.35. The number of nitrogens with zero attached hydrogens (tertiary/aromatic N) is 1. The molecule has 3 rings (SSSR count). The summed E-state index contributed by atoms with van der Waals surface area (Å²) in [7, 11) is 1.66. The van der Waals surface area contributed by atoms with Crippen LogP contribution in [0, 0.1) is 16.7 Å². The summed E-state index contributed by atoms with van der Waals surface area (Å²) in [4.78, 5) is 0. The highest BCUT2D eigenvalue weighted by Gasteiger charge is 2.52. The van der Waals surface area contributed by atoms with Crippen LogP contribution < -0.4 is 4.74 Å². The van der Waals surface area contributed by atoms with Gasteiger partial charge < -0.3 is 9.47 Å². The molecule has 2 saturated heterocycles. The number of halogens is 1. The Kier molecular flexibility index (Phi) is 3.28. The number of hydrogen-bond acceptors (Lipinski definition) is 3. The summed E-state index contributed by atoms with van der Waals surface area (Å²) in [5.41, 5.74) is 0.759. The van der Waals surface area contributed by atoms with Crippen LogP contribution in [0.5, 0.6) is 5.75 Å². The maximum Gasteiger partial charge on any atom is 0.119 e. The number of rotatable bonds is 3. The minimum absolute atomic E-state index is 0.0978. The Labute approximate surface area is 121 Å². The highest BCUT2D eigenvalue weighted by molar-refractivity contribution is 9.10. The number of ether oxygens (including phenoxy) is 2. The van der Waals surface area contributed by atoms with E-state index < -0.39 is 0 Å². The van der Waals surface area contributed by atoms with E-state index in [1.165, 1.54) is 0 Å². The molecule has 0 radical (unpaired) electrons. The van der Waals surface area contributed by atoms with Gasteiger partial charge in [0.25, 0.3) is 0 Å². The highest BCUT2D eigenvalue weighted by atomic mass is 79.9. The summed E-state index contributed by atoms with van der Waals surface area (Å²) >= 11 is 3.57. The van der Waals surface area contributed by atoms with E-state index in [-0.39, 0.29) is 17.6 Å². The van der Waals surface area contributed by atoms with E-state index in [0.717, 1.165) is 41.5 Å². The molecule has 19 heavy (non-hydrogen) atoms. The Morgan fingerprint density at radius 1 is 1.53 bits per heavy atom. The zero-order chi connectivity index (χ0) is 13.5. The van der Waals surface area contributed by atoms with E-state index in [0.29, 0.717) is 0 Å². The van der Waals surface area contributed by atoms with Gasteiger partial charge in [-0.25, -0.2) is 0 Å². The average molecular weight is 322 g/mol. The third-order valence-corrected chi connectivity index (χ3v) is 5.07. The summed E-state index contributed by atoms with van der Waals surface area (Å²) in [6, 6.07) is 8.44. The number of benzene rings is 1. The van der Waals surface area contributed by atoms with Crippen LogP contribution in [0.1, 0.15) is 24.8 Å². The van der Waals surface area contributed by atoms with E-state index in [1.807, 2.05) is 18.2 Å². The van der Waals surface area contributed by atoms with Crippen LogP contribution in [0.2, 0.25) is 0 Å². The van der Waals surface area contributed by atoms with E-state index >= 15 is 0 Å². The molecule has 3 atom stereocenters. The van der Waals surface area contributed by atoms with Crippen molar-refractivity contribution in [1.29, 1.82) is 5.26 Å². The van der Waals surface area contributed by atoms with E-state index in [2.05, 4.69) is 22.0 Å². The summed E-state index contributed by atoms with van der Waals surface area (Å²) in [5.74, 6) is 0.829. The molecule has 0 N–H and O–H groups in total. The summed E-state index contributed by atoms with van der Waals surface area (Å²) < 4.78 is 12.2. The molecule has 1 aromatic carbocycles. The van der Waals surface area contributed by atoms with Crippen LogP contribution in [0.15, 0.2) is 22.7 Å². The van der Waals surface area contributed by atoms with Crippen LogP contribution in [0.3, 0.4) is 0 Å². The molecule has 2 heterocycles.